The molecule has 0 aromatic carbocycles. The Morgan fingerprint density at radius 3 is 2.47 bits per heavy atom. The van der Waals surface area contributed by atoms with Gasteiger partial charge in [-0.2, -0.15) is 0 Å². The van der Waals surface area contributed by atoms with Crippen LogP contribution in [0.1, 0.15) is 40.5 Å². The van der Waals surface area contributed by atoms with Crippen molar-refractivity contribution in [2.75, 3.05) is 12.0 Å². The highest BCUT2D eigenvalue weighted by Gasteiger charge is 2.36. The first-order valence-corrected chi connectivity index (χ1v) is 7.59. The maximum Gasteiger partial charge on any atom is 0.0383 e. The molecule has 1 rings (SSSR count). The molecule has 1 N–H and O–H groups in total. The quantitative estimate of drug-likeness (QED) is 0.803. The molecule has 0 amide bonds. The summed E-state index contributed by atoms with van der Waals surface area (Å²) < 4.78 is 11.1. The van der Waals surface area contributed by atoms with Crippen LogP contribution in [0.5, 0.6) is 0 Å². The average Bonchev–Trinajstić information content (AvgIpc) is 2.22. The number of hydrogen-bond acceptors (Lipinski definition) is 2. The fourth-order valence-electron chi connectivity index (χ4n) is 2.88. The van der Waals surface area contributed by atoms with E-state index < -0.39 is 10.8 Å². The smallest absolute Gasteiger partial charge is 0.0383 e. The van der Waals surface area contributed by atoms with E-state index in [0.29, 0.717) is 17.5 Å². The molecule has 15 heavy (non-hydrogen) atoms. The minimum absolute atomic E-state index is 0.372. The maximum absolute atomic E-state index is 11.1. The van der Waals surface area contributed by atoms with Gasteiger partial charge in [-0.1, -0.05) is 20.8 Å². The first-order chi connectivity index (χ1) is 6.80. The van der Waals surface area contributed by atoms with Crippen molar-refractivity contribution in [3.05, 3.63) is 0 Å². The van der Waals surface area contributed by atoms with Crippen molar-refractivity contribution in [3.8, 4) is 0 Å². The predicted molar refractivity (Wildman–Crippen MR) is 67.5 cm³/mol. The third-order valence-corrected chi connectivity index (χ3v) is 4.29. The number of rotatable bonds is 4. The number of hydrogen-bond donors (Lipinski definition) is 1. The molecule has 0 bridgehead atoms. The van der Waals surface area contributed by atoms with Gasteiger partial charge in [0, 0.05) is 34.9 Å². The van der Waals surface area contributed by atoms with Gasteiger partial charge in [0.1, 0.15) is 0 Å². The van der Waals surface area contributed by atoms with Gasteiger partial charge in [0.05, 0.1) is 0 Å². The van der Waals surface area contributed by atoms with Gasteiger partial charge in [-0.15, -0.1) is 0 Å². The van der Waals surface area contributed by atoms with E-state index in [9.17, 15) is 4.21 Å². The molecule has 0 aliphatic heterocycles. The van der Waals surface area contributed by atoms with Gasteiger partial charge in [-0.05, 0) is 31.1 Å². The van der Waals surface area contributed by atoms with Crippen LogP contribution in [-0.4, -0.2) is 28.3 Å². The summed E-state index contributed by atoms with van der Waals surface area (Å²) in [5, 5.41) is 3.62. The Kier molecular flexibility index (Phi) is 4.36. The summed E-state index contributed by atoms with van der Waals surface area (Å²) in [5.74, 6) is 1.51. The minimum Gasteiger partial charge on any atom is -0.310 e. The second-order valence-electron chi connectivity index (χ2n) is 5.96. The molecule has 90 valence electrons. The Balaban J connectivity index is 2.42. The Hall–Kier alpha value is 0.110. The van der Waals surface area contributed by atoms with Gasteiger partial charge in [-0.3, -0.25) is 4.21 Å². The summed E-state index contributed by atoms with van der Waals surface area (Å²) in [6, 6.07) is 0.982. The average molecular weight is 231 g/mol. The van der Waals surface area contributed by atoms with E-state index in [1.807, 2.05) is 0 Å². The highest BCUT2D eigenvalue weighted by atomic mass is 32.2. The molecule has 0 saturated heterocycles. The number of nitrogens with one attached hydrogen (secondary N) is 1. The lowest BCUT2D eigenvalue weighted by atomic mass is 9.91. The Bertz CT molecular complexity index is 240. The Labute approximate surface area is 96.7 Å². The highest BCUT2D eigenvalue weighted by molar-refractivity contribution is 7.84. The van der Waals surface area contributed by atoms with Crippen molar-refractivity contribution in [1.29, 1.82) is 0 Å². The van der Waals surface area contributed by atoms with Crippen molar-refractivity contribution in [1.82, 2.24) is 5.32 Å². The van der Waals surface area contributed by atoms with Crippen LogP contribution < -0.4 is 5.32 Å². The van der Waals surface area contributed by atoms with E-state index >= 15 is 0 Å². The molecule has 0 radical (unpaired) electrons. The second-order valence-corrected chi connectivity index (χ2v) is 7.44. The lowest BCUT2D eigenvalue weighted by molar-refractivity contribution is 0.358. The van der Waals surface area contributed by atoms with Crippen LogP contribution in [0.4, 0.5) is 0 Å². The largest absolute Gasteiger partial charge is 0.310 e. The molecule has 1 aliphatic rings. The Morgan fingerprint density at radius 1 is 1.47 bits per heavy atom. The first-order valence-electron chi connectivity index (χ1n) is 5.86. The van der Waals surface area contributed by atoms with E-state index in [4.69, 9.17) is 0 Å². The summed E-state index contributed by atoms with van der Waals surface area (Å²) in [6.45, 7) is 9.14. The lowest BCUT2D eigenvalue weighted by Crippen LogP contribution is -2.41. The van der Waals surface area contributed by atoms with Crippen molar-refractivity contribution in [2.45, 2.75) is 52.6 Å². The van der Waals surface area contributed by atoms with Gasteiger partial charge in [0.15, 0.2) is 0 Å². The van der Waals surface area contributed by atoms with Crippen LogP contribution in [0.3, 0.4) is 0 Å². The molecule has 1 fully saturated rings. The zero-order chi connectivity index (χ0) is 11.6. The standard InChI is InChI=1S/C12H25NOS/c1-9-6-12(3,4)7-11(9)13-10(2)8-15(5)14/h9-11,13H,6-8H2,1-5H3. The molecule has 0 aromatic heterocycles. The molecular formula is C12H25NOS. The molecular weight excluding hydrogens is 206 g/mol. The van der Waals surface area contributed by atoms with Gasteiger partial charge in [0.25, 0.3) is 0 Å². The summed E-state index contributed by atoms with van der Waals surface area (Å²) in [7, 11) is -0.689. The second kappa shape index (κ2) is 4.96. The zero-order valence-electron chi connectivity index (χ0n) is 10.7. The highest BCUT2D eigenvalue weighted by Crippen LogP contribution is 2.40. The van der Waals surface area contributed by atoms with E-state index in [-0.39, 0.29) is 0 Å². The topological polar surface area (TPSA) is 29.1 Å². The molecule has 4 atom stereocenters. The Morgan fingerprint density at radius 2 is 2.07 bits per heavy atom. The van der Waals surface area contributed by atoms with Crippen LogP contribution >= 0.6 is 0 Å². The van der Waals surface area contributed by atoms with E-state index in [0.717, 1.165) is 11.7 Å². The third kappa shape index (κ3) is 4.23. The summed E-state index contributed by atoms with van der Waals surface area (Å²) in [6.07, 6.45) is 4.32. The molecule has 0 heterocycles. The monoisotopic (exact) mass is 231 g/mol. The minimum atomic E-state index is -0.689. The van der Waals surface area contributed by atoms with E-state index in [1.165, 1.54) is 12.8 Å². The molecule has 1 saturated carbocycles. The van der Waals surface area contributed by atoms with Gasteiger partial charge < -0.3 is 5.32 Å². The fraction of sp³-hybridized carbons (Fsp3) is 1.00. The summed E-state index contributed by atoms with van der Waals surface area (Å²) in [4.78, 5) is 0. The molecule has 3 heteroatoms. The van der Waals surface area contributed by atoms with E-state index in [1.54, 1.807) is 6.26 Å². The lowest BCUT2D eigenvalue weighted by Gasteiger charge is -2.22. The molecule has 1 aliphatic carbocycles. The SMILES string of the molecule is CC(CS(C)=O)NC1CC(C)(C)CC1C. The normalized spacial score (nSPS) is 33.9. The fourth-order valence-corrected chi connectivity index (χ4v) is 3.68. The van der Waals surface area contributed by atoms with E-state index in [2.05, 4.69) is 33.0 Å². The zero-order valence-corrected chi connectivity index (χ0v) is 11.5. The van der Waals surface area contributed by atoms with Crippen molar-refractivity contribution in [3.63, 3.8) is 0 Å². The van der Waals surface area contributed by atoms with Crippen LogP contribution in [-0.2, 0) is 10.8 Å². The molecule has 0 aromatic rings. The van der Waals surface area contributed by atoms with Crippen LogP contribution in [0.25, 0.3) is 0 Å². The van der Waals surface area contributed by atoms with Crippen molar-refractivity contribution in [2.24, 2.45) is 11.3 Å². The van der Waals surface area contributed by atoms with Crippen LogP contribution in [0.2, 0.25) is 0 Å². The van der Waals surface area contributed by atoms with Gasteiger partial charge in [-0.25, -0.2) is 0 Å². The first kappa shape index (κ1) is 13.2. The molecule has 4 unspecified atom stereocenters. The van der Waals surface area contributed by atoms with Gasteiger partial charge >= 0.3 is 0 Å². The predicted octanol–water partition coefficient (Wildman–Crippen LogP) is 2.17. The molecule has 2 nitrogen and oxygen atoms in total. The van der Waals surface area contributed by atoms with Crippen LogP contribution in [0.15, 0.2) is 0 Å². The maximum atomic E-state index is 11.1. The van der Waals surface area contributed by atoms with Crippen LogP contribution in [0, 0.1) is 11.3 Å². The van der Waals surface area contributed by atoms with Crippen molar-refractivity contribution >= 4 is 10.8 Å². The summed E-state index contributed by atoms with van der Waals surface area (Å²) >= 11 is 0. The molecule has 0 spiro atoms. The summed E-state index contributed by atoms with van der Waals surface area (Å²) in [5.41, 5.74) is 0.474. The third-order valence-electron chi connectivity index (χ3n) is 3.32. The van der Waals surface area contributed by atoms with Crippen molar-refractivity contribution < 1.29 is 4.21 Å². The van der Waals surface area contributed by atoms with Gasteiger partial charge in [0.2, 0.25) is 0 Å².